The molecule has 1 aliphatic rings. The second kappa shape index (κ2) is 9.74. The first kappa shape index (κ1) is 18.8. The van der Waals surface area contributed by atoms with Crippen molar-refractivity contribution in [3.63, 3.8) is 0 Å². The van der Waals surface area contributed by atoms with Crippen molar-refractivity contribution in [3.05, 3.63) is 0 Å². The van der Waals surface area contributed by atoms with Gasteiger partial charge in [-0.05, 0) is 25.7 Å². The molecule has 0 aromatic heterocycles. The van der Waals surface area contributed by atoms with E-state index in [1.54, 1.807) is 0 Å². The van der Waals surface area contributed by atoms with Gasteiger partial charge in [0.2, 0.25) is 0 Å². The topological polar surface area (TPSA) is 57.2 Å². The summed E-state index contributed by atoms with van der Waals surface area (Å²) in [6.07, 6.45) is -0.623. The van der Waals surface area contributed by atoms with Crippen LogP contribution in [0.1, 0.15) is 47.5 Å². The van der Waals surface area contributed by atoms with Crippen LogP contribution in [0.3, 0.4) is 0 Å². The summed E-state index contributed by atoms with van der Waals surface area (Å²) in [7, 11) is 0. The Balaban J connectivity index is 2.83. The molecule has 5 atom stereocenters. The first-order valence-electron chi connectivity index (χ1n) is 8.23. The highest BCUT2D eigenvalue weighted by Crippen LogP contribution is 2.28. The molecule has 5 unspecified atom stereocenters. The lowest BCUT2D eigenvalue weighted by Gasteiger charge is -2.44. The third-order valence-corrected chi connectivity index (χ3v) is 3.49. The molecule has 0 amide bonds. The summed E-state index contributed by atoms with van der Waals surface area (Å²) in [6.45, 7) is 11.9. The Kier molecular flexibility index (Phi) is 8.74. The van der Waals surface area contributed by atoms with Crippen LogP contribution in [0, 0.1) is 5.92 Å². The second-order valence-electron chi connectivity index (χ2n) is 5.92. The number of ether oxygens (including phenoxy) is 4. The zero-order chi connectivity index (χ0) is 15.8. The Morgan fingerprint density at radius 2 is 1.76 bits per heavy atom. The van der Waals surface area contributed by atoms with E-state index in [9.17, 15) is 5.11 Å². The zero-order valence-electron chi connectivity index (χ0n) is 14.1. The fourth-order valence-corrected chi connectivity index (χ4v) is 2.45. The van der Waals surface area contributed by atoms with Crippen LogP contribution in [0.2, 0.25) is 0 Å². The van der Waals surface area contributed by atoms with Crippen molar-refractivity contribution in [2.45, 2.75) is 78.2 Å². The zero-order valence-corrected chi connectivity index (χ0v) is 14.1. The van der Waals surface area contributed by atoms with E-state index in [1.165, 1.54) is 0 Å². The predicted octanol–water partition coefficient (Wildman–Crippen LogP) is 2.36. The van der Waals surface area contributed by atoms with Crippen molar-refractivity contribution >= 4 is 0 Å². The molecule has 5 nitrogen and oxygen atoms in total. The summed E-state index contributed by atoms with van der Waals surface area (Å²) in [4.78, 5) is 0. The van der Waals surface area contributed by atoms with E-state index < -0.39 is 18.5 Å². The maximum absolute atomic E-state index is 10.5. The second-order valence-corrected chi connectivity index (χ2v) is 5.92. The quantitative estimate of drug-likeness (QED) is 0.708. The number of aliphatic hydroxyl groups excluding tert-OH is 1. The minimum atomic E-state index is -0.688. The van der Waals surface area contributed by atoms with Gasteiger partial charge in [0.05, 0.1) is 6.10 Å². The molecule has 1 heterocycles. The number of hydrogen-bond donors (Lipinski definition) is 1. The molecule has 0 aromatic rings. The van der Waals surface area contributed by atoms with Gasteiger partial charge in [0.15, 0.2) is 6.29 Å². The summed E-state index contributed by atoms with van der Waals surface area (Å²) in [6, 6.07) is 0. The maximum Gasteiger partial charge on any atom is 0.186 e. The van der Waals surface area contributed by atoms with Gasteiger partial charge < -0.3 is 24.1 Å². The van der Waals surface area contributed by atoms with E-state index in [0.29, 0.717) is 32.2 Å². The van der Waals surface area contributed by atoms with Gasteiger partial charge in [-0.3, -0.25) is 0 Å². The monoisotopic (exact) mass is 304 g/mol. The molecular formula is C16H32O5. The summed E-state index contributed by atoms with van der Waals surface area (Å²) in [5.41, 5.74) is 0. The van der Waals surface area contributed by atoms with Crippen LogP contribution >= 0.6 is 0 Å². The fraction of sp³-hybridized carbons (Fsp3) is 1.00. The molecule has 21 heavy (non-hydrogen) atoms. The molecule has 1 aliphatic heterocycles. The SMILES string of the molecule is CCCOC1C(OCC)OC(CC)C(O)C1OCC(C)C. The van der Waals surface area contributed by atoms with Gasteiger partial charge in [0, 0.05) is 19.8 Å². The van der Waals surface area contributed by atoms with Gasteiger partial charge in [-0.1, -0.05) is 27.7 Å². The van der Waals surface area contributed by atoms with Gasteiger partial charge in [0.1, 0.15) is 18.3 Å². The molecule has 1 fully saturated rings. The standard InChI is InChI=1S/C16H32O5/c1-6-9-19-15-14(20-10-11(4)5)13(17)12(7-2)21-16(15)18-8-3/h11-17H,6-10H2,1-5H3. The molecule has 5 heteroatoms. The predicted molar refractivity (Wildman–Crippen MR) is 81.2 cm³/mol. The van der Waals surface area contributed by atoms with Crippen molar-refractivity contribution in [1.82, 2.24) is 0 Å². The van der Waals surface area contributed by atoms with Crippen molar-refractivity contribution < 1.29 is 24.1 Å². The van der Waals surface area contributed by atoms with Crippen LogP contribution in [0.25, 0.3) is 0 Å². The van der Waals surface area contributed by atoms with E-state index in [0.717, 1.165) is 6.42 Å². The molecule has 0 radical (unpaired) electrons. The van der Waals surface area contributed by atoms with E-state index in [4.69, 9.17) is 18.9 Å². The Hall–Kier alpha value is -0.200. The third kappa shape index (κ3) is 5.49. The summed E-state index contributed by atoms with van der Waals surface area (Å²) in [5.74, 6) is 0.400. The van der Waals surface area contributed by atoms with E-state index >= 15 is 0 Å². The molecule has 1 saturated heterocycles. The van der Waals surface area contributed by atoms with Gasteiger partial charge >= 0.3 is 0 Å². The normalized spacial score (nSPS) is 33.6. The molecule has 126 valence electrons. The minimum absolute atomic E-state index is 0.278. The van der Waals surface area contributed by atoms with Crippen molar-refractivity contribution in [1.29, 1.82) is 0 Å². The van der Waals surface area contributed by atoms with Gasteiger partial charge in [0.25, 0.3) is 0 Å². The highest BCUT2D eigenvalue weighted by Gasteiger charge is 2.46. The molecule has 1 N–H and O–H groups in total. The van der Waals surface area contributed by atoms with Crippen molar-refractivity contribution in [3.8, 4) is 0 Å². The van der Waals surface area contributed by atoms with E-state index in [-0.39, 0.29) is 12.2 Å². The Bertz CT molecular complexity index is 271. The van der Waals surface area contributed by atoms with E-state index in [2.05, 4.69) is 20.8 Å². The Morgan fingerprint density at radius 1 is 1.05 bits per heavy atom. The first-order chi connectivity index (χ1) is 10.0. The van der Waals surface area contributed by atoms with Crippen LogP contribution in [0.4, 0.5) is 0 Å². The maximum atomic E-state index is 10.5. The van der Waals surface area contributed by atoms with Crippen LogP contribution in [0.15, 0.2) is 0 Å². The van der Waals surface area contributed by atoms with Crippen LogP contribution < -0.4 is 0 Å². The highest BCUT2D eigenvalue weighted by molar-refractivity contribution is 4.91. The molecule has 1 rings (SSSR count). The van der Waals surface area contributed by atoms with Gasteiger partial charge in [-0.2, -0.15) is 0 Å². The van der Waals surface area contributed by atoms with Crippen LogP contribution in [-0.2, 0) is 18.9 Å². The first-order valence-corrected chi connectivity index (χ1v) is 8.23. The number of rotatable bonds is 9. The number of aliphatic hydroxyl groups is 1. The average molecular weight is 304 g/mol. The number of hydrogen-bond acceptors (Lipinski definition) is 5. The summed E-state index contributed by atoms with van der Waals surface area (Å²) < 4.78 is 23.3. The lowest BCUT2D eigenvalue weighted by atomic mass is 9.96. The molecule has 0 spiro atoms. The summed E-state index contributed by atoms with van der Waals surface area (Å²) >= 11 is 0. The van der Waals surface area contributed by atoms with Crippen molar-refractivity contribution in [2.24, 2.45) is 5.92 Å². The third-order valence-electron chi connectivity index (χ3n) is 3.49. The smallest absolute Gasteiger partial charge is 0.186 e. The molecule has 0 aromatic carbocycles. The average Bonchev–Trinajstić information content (AvgIpc) is 2.45. The molecular weight excluding hydrogens is 272 g/mol. The largest absolute Gasteiger partial charge is 0.388 e. The Morgan fingerprint density at radius 3 is 2.29 bits per heavy atom. The van der Waals surface area contributed by atoms with Gasteiger partial charge in [-0.25, -0.2) is 0 Å². The minimum Gasteiger partial charge on any atom is -0.388 e. The summed E-state index contributed by atoms with van der Waals surface area (Å²) in [5, 5.41) is 10.5. The lowest BCUT2D eigenvalue weighted by Crippen LogP contribution is -2.60. The fourth-order valence-electron chi connectivity index (χ4n) is 2.45. The van der Waals surface area contributed by atoms with Crippen LogP contribution in [0.5, 0.6) is 0 Å². The van der Waals surface area contributed by atoms with Crippen molar-refractivity contribution in [2.75, 3.05) is 19.8 Å². The Labute approximate surface area is 128 Å². The molecule has 0 bridgehead atoms. The molecule has 0 saturated carbocycles. The van der Waals surface area contributed by atoms with Crippen LogP contribution in [-0.4, -0.2) is 55.6 Å². The lowest BCUT2D eigenvalue weighted by molar-refractivity contribution is -0.312. The molecule has 0 aliphatic carbocycles. The van der Waals surface area contributed by atoms with E-state index in [1.807, 2.05) is 13.8 Å². The van der Waals surface area contributed by atoms with Gasteiger partial charge in [-0.15, -0.1) is 0 Å². The highest BCUT2D eigenvalue weighted by atomic mass is 16.7.